The number of Topliss-reactive ketones (excluding diaryl/α,β-unsaturated/α-hetero) is 2. The number of aliphatic hydroxyl groups is 1. The van der Waals surface area contributed by atoms with Crippen LogP contribution in [0.1, 0.15) is 41.5 Å². The number of ketones is 2. The number of hydrogen-bond donors (Lipinski definition) is 1. The smallest absolute Gasteiger partial charge is 0.433 e. The van der Waals surface area contributed by atoms with Crippen LogP contribution in [-0.4, -0.2) is 21.7 Å². The maximum Gasteiger partial charge on any atom is 0.433 e. The van der Waals surface area contributed by atoms with Gasteiger partial charge in [-0.1, -0.05) is 6.08 Å². The van der Waals surface area contributed by atoms with Gasteiger partial charge in [0.2, 0.25) is 5.78 Å². The minimum Gasteiger partial charge on any atom is -0.511 e. The second-order valence-corrected chi connectivity index (χ2v) is 5.23. The average molecular weight is 325 g/mol. The van der Waals surface area contributed by atoms with E-state index < -0.39 is 29.0 Å². The molecule has 1 aromatic rings. The van der Waals surface area contributed by atoms with E-state index in [4.69, 9.17) is 0 Å². The van der Waals surface area contributed by atoms with E-state index in [-0.39, 0.29) is 23.4 Å². The fourth-order valence-electron chi connectivity index (χ4n) is 2.30. The minimum absolute atomic E-state index is 0.122. The van der Waals surface area contributed by atoms with Crippen LogP contribution in [0.4, 0.5) is 13.2 Å². The van der Waals surface area contributed by atoms with E-state index in [9.17, 15) is 27.9 Å². The monoisotopic (exact) mass is 325 g/mol. The molecule has 0 fully saturated rings. The van der Waals surface area contributed by atoms with Gasteiger partial charge >= 0.3 is 6.18 Å². The number of allylic oxidation sites excluding steroid dienone is 4. The van der Waals surface area contributed by atoms with Crippen molar-refractivity contribution >= 4 is 11.6 Å². The summed E-state index contributed by atoms with van der Waals surface area (Å²) in [6.07, 6.45) is -2.48. The highest BCUT2D eigenvalue weighted by molar-refractivity contribution is 6.31. The molecule has 1 N–H and O–H groups in total. The van der Waals surface area contributed by atoms with Crippen LogP contribution in [-0.2, 0) is 11.0 Å². The highest BCUT2D eigenvalue weighted by Gasteiger charge is 2.34. The van der Waals surface area contributed by atoms with E-state index >= 15 is 0 Å². The van der Waals surface area contributed by atoms with Crippen molar-refractivity contribution in [2.45, 2.75) is 32.9 Å². The van der Waals surface area contributed by atoms with Crippen LogP contribution >= 0.6 is 0 Å². The first-order chi connectivity index (χ1) is 10.6. The predicted octanol–water partition coefficient (Wildman–Crippen LogP) is 3.71. The summed E-state index contributed by atoms with van der Waals surface area (Å²) < 4.78 is 37.9. The lowest BCUT2D eigenvalue weighted by molar-refractivity contribution is -0.141. The molecule has 2 rings (SSSR count). The summed E-state index contributed by atoms with van der Waals surface area (Å²) in [5.41, 5.74) is -1.49. The van der Waals surface area contributed by atoms with Gasteiger partial charge in [-0.05, 0) is 38.0 Å². The number of carbonyl (C=O) groups excluding carboxylic acids is 2. The van der Waals surface area contributed by atoms with Crippen LogP contribution < -0.4 is 0 Å². The molecule has 4 nitrogen and oxygen atoms in total. The summed E-state index contributed by atoms with van der Waals surface area (Å²) in [5.74, 6) is -1.79. The molecule has 1 heterocycles. The van der Waals surface area contributed by atoms with Crippen molar-refractivity contribution in [1.82, 2.24) is 4.98 Å². The predicted molar refractivity (Wildman–Crippen MR) is 76.0 cm³/mol. The van der Waals surface area contributed by atoms with E-state index in [0.717, 1.165) is 6.07 Å². The summed E-state index contributed by atoms with van der Waals surface area (Å²) in [6.45, 7) is 2.77. The van der Waals surface area contributed by atoms with Crippen molar-refractivity contribution < 1.29 is 27.9 Å². The third-order valence-electron chi connectivity index (χ3n) is 3.55. The van der Waals surface area contributed by atoms with E-state index in [2.05, 4.69) is 4.98 Å². The molecule has 0 saturated heterocycles. The molecule has 7 heteroatoms. The number of aliphatic hydroxyl groups excluding tert-OH is 1. The van der Waals surface area contributed by atoms with E-state index in [1.165, 1.54) is 13.8 Å². The van der Waals surface area contributed by atoms with Gasteiger partial charge in [-0.15, -0.1) is 0 Å². The largest absolute Gasteiger partial charge is 0.511 e. The van der Waals surface area contributed by atoms with Crippen molar-refractivity contribution in [3.8, 4) is 0 Å². The molecule has 1 aliphatic carbocycles. The lowest BCUT2D eigenvalue weighted by Gasteiger charge is -2.11. The molecule has 0 saturated carbocycles. The van der Waals surface area contributed by atoms with Gasteiger partial charge < -0.3 is 5.11 Å². The van der Waals surface area contributed by atoms with Gasteiger partial charge in [-0.3, -0.25) is 9.59 Å². The summed E-state index contributed by atoms with van der Waals surface area (Å²) in [4.78, 5) is 28.1. The van der Waals surface area contributed by atoms with E-state index in [0.29, 0.717) is 18.1 Å². The maximum absolute atomic E-state index is 12.6. The third kappa shape index (κ3) is 3.33. The number of hydrogen-bond acceptors (Lipinski definition) is 4. The second-order valence-electron chi connectivity index (χ2n) is 5.23. The van der Waals surface area contributed by atoms with Crippen LogP contribution in [0.2, 0.25) is 0 Å². The zero-order valence-electron chi connectivity index (χ0n) is 12.5. The zero-order valence-corrected chi connectivity index (χ0v) is 12.5. The average Bonchev–Trinajstić information content (AvgIpc) is 2.57. The highest BCUT2D eigenvalue weighted by Crippen LogP contribution is 2.29. The summed E-state index contributed by atoms with van der Waals surface area (Å²) in [6, 6.07) is 1.66. The number of carbonyl (C=O) groups is 2. The third-order valence-corrected chi connectivity index (χ3v) is 3.55. The number of pyridine rings is 1. The molecule has 0 unspecified atom stereocenters. The molecule has 0 atom stereocenters. The standard InChI is InChI=1S/C16H14F3NO3/c1-8-4-3-5-11(21)13(14(8)22)15(23)10-6-7-12(16(17,18)19)20-9(10)2/h4,6-7,21H,3,5H2,1-2H3. The van der Waals surface area contributed by atoms with Crippen molar-refractivity contribution in [1.29, 1.82) is 0 Å². The fourth-order valence-corrected chi connectivity index (χ4v) is 2.30. The van der Waals surface area contributed by atoms with Gasteiger partial charge in [0.15, 0.2) is 5.78 Å². The fraction of sp³-hybridized carbons (Fsp3) is 0.312. The lowest BCUT2D eigenvalue weighted by atomic mass is 9.95. The van der Waals surface area contributed by atoms with Crippen LogP contribution in [0.3, 0.4) is 0 Å². The van der Waals surface area contributed by atoms with Crippen molar-refractivity contribution in [2.24, 2.45) is 0 Å². The first-order valence-electron chi connectivity index (χ1n) is 6.86. The first-order valence-corrected chi connectivity index (χ1v) is 6.86. The Labute approximate surface area is 130 Å². The van der Waals surface area contributed by atoms with E-state index in [1.807, 2.05) is 0 Å². The van der Waals surface area contributed by atoms with Gasteiger partial charge in [0.1, 0.15) is 17.0 Å². The van der Waals surface area contributed by atoms with Gasteiger partial charge in [-0.25, -0.2) is 4.98 Å². The second kappa shape index (κ2) is 5.98. The topological polar surface area (TPSA) is 67.3 Å². The quantitative estimate of drug-likeness (QED) is 0.665. The molecule has 0 bridgehead atoms. The number of nitrogens with zero attached hydrogens (tertiary/aromatic N) is 1. The Morgan fingerprint density at radius 1 is 1.26 bits per heavy atom. The molecule has 0 aliphatic heterocycles. The van der Waals surface area contributed by atoms with Crippen molar-refractivity contribution in [2.75, 3.05) is 0 Å². The Morgan fingerprint density at radius 3 is 2.48 bits per heavy atom. The Balaban J connectivity index is 2.48. The summed E-state index contributed by atoms with van der Waals surface area (Å²) in [5, 5.41) is 9.95. The Kier molecular flexibility index (Phi) is 4.40. The minimum atomic E-state index is -4.62. The van der Waals surface area contributed by atoms with Gasteiger partial charge in [0.25, 0.3) is 0 Å². The zero-order chi connectivity index (χ0) is 17.4. The van der Waals surface area contributed by atoms with Crippen molar-refractivity contribution in [3.63, 3.8) is 0 Å². The number of aromatic nitrogens is 1. The van der Waals surface area contributed by atoms with Crippen LogP contribution in [0.5, 0.6) is 0 Å². The Bertz CT molecular complexity index is 745. The van der Waals surface area contributed by atoms with Gasteiger partial charge in [0.05, 0.1) is 0 Å². The molecule has 1 aromatic heterocycles. The van der Waals surface area contributed by atoms with E-state index in [1.54, 1.807) is 6.08 Å². The van der Waals surface area contributed by atoms with Crippen LogP contribution in [0.15, 0.2) is 35.1 Å². The van der Waals surface area contributed by atoms with Gasteiger partial charge in [-0.2, -0.15) is 13.2 Å². The number of rotatable bonds is 2. The Morgan fingerprint density at radius 2 is 1.91 bits per heavy atom. The molecule has 0 amide bonds. The number of aryl methyl sites for hydroxylation is 1. The molecule has 1 aliphatic rings. The summed E-state index contributed by atoms with van der Waals surface area (Å²) >= 11 is 0. The van der Waals surface area contributed by atoms with Gasteiger partial charge in [0, 0.05) is 17.7 Å². The lowest BCUT2D eigenvalue weighted by Crippen LogP contribution is -2.18. The molecular formula is C16H14F3NO3. The Hall–Kier alpha value is -2.44. The molecule has 122 valence electrons. The molecule has 23 heavy (non-hydrogen) atoms. The molecule has 0 radical (unpaired) electrons. The first kappa shape index (κ1) is 16.9. The van der Waals surface area contributed by atoms with Crippen LogP contribution in [0, 0.1) is 6.92 Å². The highest BCUT2D eigenvalue weighted by atomic mass is 19.4. The van der Waals surface area contributed by atoms with Crippen LogP contribution in [0.25, 0.3) is 0 Å². The maximum atomic E-state index is 12.6. The molecule has 0 spiro atoms. The number of halogens is 3. The summed E-state index contributed by atoms with van der Waals surface area (Å²) in [7, 11) is 0. The molecule has 0 aromatic carbocycles. The van der Waals surface area contributed by atoms with Crippen molar-refractivity contribution in [3.05, 3.63) is 52.1 Å². The SMILES string of the molecule is CC1=CCCC(O)=C(C(=O)c2ccc(C(F)(F)F)nc2C)C1=O. The number of alkyl halides is 3. The molecular weight excluding hydrogens is 311 g/mol. The normalized spacial score (nSPS) is 16.2.